The largest absolute Gasteiger partial charge is 0.354 e. The van der Waals surface area contributed by atoms with Gasteiger partial charge in [-0.3, -0.25) is 0 Å². The van der Waals surface area contributed by atoms with Crippen molar-refractivity contribution in [2.24, 2.45) is 7.05 Å². The second kappa shape index (κ2) is 5.27. The molecule has 1 aromatic heterocycles. The Labute approximate surface area is 113 Å². The Hall–Kier alpha value is -2.08. The zero-order chi connectivity index (χ0) is 14.0. The number of aryl methyl sites for hydroxylation is 1. The van der Waals surface area contributed by atoms with Gasteiger partial charge in [-0.05, 0) is 36.1 Å². The van der Waals surface area contributed by atoms with Gasteiger partial charge in [-0.15, -0.1) is 0 Å². The third-order valence-corrected chi connectivity index (χ3v) is 3.60. The highest BCUT2D eigenvalue weighted by Crippen LogP contribution is 2.32. The van der Waals surface area contributed by atoms with Crippen LogP contribution in [0, 0.1) is 17.1 Å². The van der Waals surface area contributed by atoms with Crippen molar-refractivity contribution in [3.63, 3.8) is 0 Å². The lowest BCUT2D eigenvalue weighted by Gasteiger charge is -2.14. The summed E-state index contributed by atoms with van der Waals surface area (Å²) < 4.78 is 15.8. The van der Waals surface area contributed by atoms with Crippen molar-refractivity contribution in [1.82, 2.24) is 4.57 Å². The Morgan fingerprint density at radius 2 is 2.11 bits per heavy atom. The molecule has 0 aliphatic rings. The van der Waals surface area contributed by atoms with E-state index < -0.39 is 5.82 Å². The summed E-state index contributed by atoms with van der Waals surface area (Å²) >= 11 is 0. The lowest BCUT2D eigenvalue weighted by molar-refractivity contribution is 0.624. The molecule has 0 aliphatic heterocycles. The quantitative estimate of drug-likeness (QED) is 0.808. The lowest BCUT2D eigenvalue weighted by Crippen LogP contribution is -2.01. The maximum Gasteiger partial charge on any atom is 0.141 e. The molecule has 0 saturated carbocycles. The van der Waals surface area contributed by atoms with Gasteiger partial charge < -0.3 is 4.57 Å². The summed E-state index contributed by atoms with van der Waals surface area (Å²) in [6.45, 7) is 4.31. The number of hydrogen-bond donors (Lipinski definition) is 0. The molecule has 0 N–H and O–H groups in total. The molecule has 98 valence electrons. The monoisotopic (exact) mass is 256 g/mol. The standard InChI is InChI=1S/C16H17FN2/c1-4-11(2)16-14(7-8-19(16)3)12-5-6-13(10-18)15(17)9-12/h5-9,11H,4H2,1-3H3. The van der Waals surface area contributed by atoms with Crippen molar-refractivity contribution in [2.45, 2.75) is 26.2 Å². The molecular formula is C16H17FN2. The van der Waals surface area contributed by atoms with Crippen molar-refractivity contribution < 1.29 is 4.39 Å². The van der Waals surface area contributed by atoms with E-state index in [1.165, 1.54) is 17.8 Å². The van der Waals surface area contributed by atoms with E-state index in [9.17, 15) is 4.39 Å². The van der Waals surface area contributed by atoms with Crippen LogP contribution in [0.2, 0.25) is 0 Å². The van der Waals surface area contributed by atoms with Gasteiger partial charge >= 0.3 is 0 Å². The zero-order valence-corrected chi connectivity index (χ0v) is 11.4. The number of aromatic nitrogens is 1. The Kier molecular flexibility index (Phi) is 3.71. The minimum absolute atomic E-state index is 0.0878. The number of nitrogens with zero attached hydrogens (tertiary/aromatic N) is 2. The summed E-state index contributed by atoms with van der Waals surface area (Å²) in [7, 11) is 2.00. The van der Waals surface area contributed by atoms with Gasteiger partial charge in [0.2, 0.25) is 0 Å². The normalized spacial score (nSPS) is 12.2. The minimum atomic E-state index is -0.459. The third-order valence-electron chi connectivity index (χ3n) is 3.60. The molecule has 0 fully saturated rings. The van der Waals surface area contributed by atoms with E-state index in [4.69, 9.17) is 5.26 Å². The molecule has 0 spiro atoms. The van der Waals surface area contributed by atoms with Gasteiger partial charge in [0.1, 0.15) is 11.9 Å². The molecule has 19 heavy (non-hydrogen) atoms. The average molecular weight is 256 g/mol. The van der Waals surface area contributed by atoms with Crippen molar-refractivity contribution >= 4 is 0 Å². The molecule has 1 unspecified atom stereocenters. The van der Waals surface area contributed by atoms with Crippen molar-refractivity contribution in [3.8, 4) is 17.2 Å². The lowest BCUT2D eigenvalue weighted by atomic mass is 9.96. The molecule has 2 aromatic rings. The fraction of sp³-hybridized carbons (Fsp3) is 0.312. The maximum atomic E-state index is 13.7. The number of rotatable bonds is 3. The maximum absolute atomic E-state index is 13.7. The van der Waals surface area contributed by atoms with Gasteiger partial charge in [-0.2, -0.15) is 5.26 Å². The van der Waals surface area contributed by atoms with Gasteiger partial charge in [-0.25, -0.2) is 4.39 Å². The van der Waals surface area contributed by atoms with Crippen LogP contribution in [0.4, 0.5) is 4.39 Å². The van der Waals surface area contributed by atoms with E-state index in [2.05, 4.69) is 18.4 Å². The van der Waals surface area contributed by atoms with Crippen LogP contribution in [0.25, 0.3) is 11.1 Å². The predicted octanol–water partition coefficient (Wildman–Crippen LogP) is 4.22. The first-order chi connectivity index (χ1) is 9.08. The summed E-state index contributed by atoms with van der Waals surface area (Å²) in [5, 5.41) is 8.77. The molecule has 2 rings (SSSR count). The minimum Gasteiger partial charge on any atom is -0.354 e. The van der Waals surface area contributed by atoms with Crippen LogP contribution in [-0.2, 0) is 7.05 Å². The van der Waals surface area contributed by atoms with Gasteiger partial charge in [-0.1, -0.05) is 19.9 Å². The second-order valence-electron chi connectivity index (χ2n) is 4.84. The number of hydrogen-bond acceptors (Lipinski definition) is 1. The molecule has 0 radical (unpaired) electrons. The summed E-state index contributed by atoms with van der Waals surface area (Å²) in [5.41, 5.74) is 3.16. The molecule has 3 heteroatoms. The molecular weight excluding hydrogens is 239 g/mol. The van der Waals surface area contributed by atoms with E-state index in [-0.39, 0.29) is 5.56 Å². The van der Waals surface area contributed by atoms with Crippen LogP contribution in [0.5, 0.6) is 0 Å². The third kappa shape index (κ3) is 2.39. The van der Waals surface area contributed by atoms with E-state index >= 15 is 0 Å². The summed E-state index contributed by atoms with van der Waals surface area (Å²) in [6.07, 6.45) is 3.02. The SMILES string of the molecule is CCC(C)c1c(-c2ccc(C#N)c(F)c2)ccn1C. The van der Waals surface area contributed by atoms with Gasteiger partial charge in [0.15, 0.2) is 0 Å². The molecule has 1 aromatic carbocycles. The number of benzene rings is 1. The highest BCUT2D eigenvalue weighted by atomic mass is 19.1. The van der Waals surface area contributed by atoms with Crippen molar-refractivity contribution in [2.75, 3.05) is 0 Å². The van der Waals surface area contributed by atoms with Gasteiger partial charge in [0, 0.05) is 24.5 Å². The molecule has 1 atom stereocenters. The summed E-state index contributed by atoms with van der Waals surface area (Å²) in [4.78, 5) is 0. The van der Waals surface area contributed by atoms with E-state index in [0.29, 0.717) is 5.92 Å². The van der Waals surface area contributed by atoms with Crippen LogP contribution in [0.3, 0.4) is 0 Å². The average Bonchev–Trinajstić information content (AvgIpc) is 2.79. The van der Waals surface area contributed by atoms with E-state index in [1.54, 1.807) is 0 Å². The molecule has 0 aliphatic carbocycles. The van der Waals surface area contributed by atoms with Gasteiger partial charge in [0.25, 0.3) is 0 Å². The first-order valence-electron chi connectivity index (χ1n) is 6.43. The highest BCUT2D eigenvalue weighted by molar-refractivity contribution is 5.68. The fourth-order valence-electron chi connectivity index (χ4n) is 2.37. The van der Waals surface area contributed by atoms with Crippen molar-refractivity contribution in [1.29, 1.82) is 5.26 Å². The Bertz CT molecular complexity index is 635. The predicted molar refractivity (Wildman–Crippen MR) is 74.2 cm³/mol. The van der Waals surface area contributed by atoms with Crippen LogP contribution in [0.1, 0.15) is 37.4 Å². The molecule has 0 amide bonds. The Balaban J connectivity index is 2.54. The first-order valence-corrected chi connectivity index (χ1v) is 6.43. The number of halogens is 1. The smallest absolute Gasteiger partial charge is 0.141 e. The molecule has 1 heterocycles. The van der Waals surface area contributed by atoms with E-state index in [1.807, 2.05) is 31.4 Å². The van der Waals surface area contributed by atoms with Crippen LogP contribution >= 0.6 is 0 Å². The second-order valence-corrected chi connectivity index (χ2v) is 4.84. The highest BCUT2D eigenvalue weighted by Gasteiger charge is 2.15. The fourth-order valence-corrected chi connectivity index (χ4v) is 2.37. The van der Waals surface area contributed by atoms with E-state index in [0.717, 1.165) is 17.5 Å². The molecule has 2 nitrogen and oxygen atoms in total. The first kappa shape index (κ1) is 13.4. The summed E-state index contributed by atoms with van der Waals surface area (Å²) in [6, 6.07) is 8.64. The molecule has 0 saturated heterocycles. The van der Waals surface area contributed by atoms with Crippen molar-refractivity contribution in [3.05, 3.63) is 47.5 Å². The van der Waals surface area contributed by atoms with Crippen LogP contribution in [0.15, 0.2) is 30.5 Å². The Morgan fingerprint density at radius 3 is 2.68 bits per heavy atom. The topological polar surface area (TPSA) is 28.7 Å². The molecule has 0 bridgehead atoms. The summed E-state index contributed by atoms with van der Waals surface area (Å²) in [5.74, 6) is -0.0485. The van der Waals surface area contributed by atoms with Gasteiger partial charge in [0.05, 0.1) is 5.56 Å². The Morgan fingerprint density at radius 1 is 1.37 bits per heavy atom. The number of nitriles is 1. The van der Waals surface area contributed by atoms with Crippen LogP contribution < -0.4 is 0 Å². The van der Waals surface area contributed by atoms with Crippen LogP contribution in [-0.4, -0.2) is 4.57 Å². The zero-order valence-electron chi connectivity index (χ0n) is 11.4.